The van der Waals surface area contributed by atoms with Crippen molar-refractivity contribution in [2.45, 2.75) is 6.18 Å². The zero-order chi connectivity index (χ0) is 13.3. The minimum absolute atomic E-state index is 0.252. The van der Waals surface area contributed by atoms with Gasteiger partial charge in [-0.1, -0.05) is 12.1 Å². The summed E-state index contributed by atoms with van der Waals surface area (Å²) in [5.74, 6) is -2.46. The van der Waals surface area contributed by atoms with Crippen LogP contribution in [-0.2, 0) is 0 Å². The lowest BCUT2D eigenvalue weighted by Crippen LogP contribution is -2.22. The molecule has 0 aliphatic rings. The molecule has 0 unspecified atom stereocenters. The maximum atomic E-state index is 12.9. The molecule has 0 saturated carbocycles. The number of Topliss-reactive ketones (excluding diaryl/α,β-unsaturated/α-hetero) is 1. The highest BCUT2D eigenvalue weighted by Gasteiger charge is 2.40. The van der Waals surface area contributed by atoms with E-state index in [0.29, 0.717) is 5.56 Å². The van der Waals surface area contributed by atoms with E-state index in [2.05, 4.69) is 4.98 Å². The van der Waals surface area contributed by atoms with E-state index in [1.165, 1.54) is 24.3 Å². The van der Waals surface area contributed by atoms with E-state index in [9.17, 15) is 22.4 Å². The molecule has 94 valence electrons. The summed E-state index contributed by atoms with van der Waals surface area (Å²) in [5.41, 5.74) is 0.0556. The normalized spacial score (nSPS) is 11.6. The van der Waals surface area contributed by atoms with Crippen LogP contribution in [0.2, 0.25) is 0 Å². The molecule has 1 aromatic carbocycles. The predicted octanol–water partition coefficient (Wildman–Crippen LogP) is 3.57. The van der Waals surface area contributed by atoms with Gasteiger partial charge in [-0.3, -0.25) is 4.79 Å². The second kappa shape index (κ2) is 4.29. The molecule has 0 bridgehead atoms. The van der Waals surface area contributed by atoms with Crippen molar-refractivity contribution in [2.75, 3.05) is 0 Å². The van der Waals surface area contributed by atoms with Gasteiger partial charge in [0.1, 0.15) is 5.82 Å². The number of benzene rings is 1. The first kappa shape index (κ1) is 12.3. The number of hydrogen-bond acceptors (Lipinski definition) is 1. The van der Waals surface area contributed by atoms with Crippen LogP contribution in [0.4, 0.5) is 17.6 Å². The molecule has 2 aromatic rings. The van der Waals surface area contributed by atoms with Crippen LogP contribution in [0.15, 0.2) is 36.4 Å². The Bertz CT molecular complexity index is 586. The summed E-state index contributed by atoms with van der Waals surface area (Å²) in [7, 11) is 0. The van der Waals surface area contributed by atoms with Crippen LogP contribution >= 0.6 is 0 Å². The number of alkyl halides is 3. The third-order valence-electron chi connectivity index (χ3n) is 2.32. The average Bonchev–Trinajstić information content (AvgIpc) is 2.75. The fraction of sp³-hybridized carbons (Fsp3) is 0.0833. The van der Waals surface area contributed by atoms with E-state index in [-0.39, 0.29) is 5.69 Å². The fourth-order valence-electron chi connectivity index (χ4n) is 1.50. The Hall–Kier alpha value is -2.11. The van der Waals surface area contributed by atoms with Gasteiger partial charge in [0, 0.05) is 11.3 Å². The molecule has 18 heavy (non-hydrogen) atoms. The molecule has 0 atom stereocenters. The fourth-order valence-corrected chi connectivity index (χ4v) is 1.50. The first-order chi connectivity index (χ1) is 8.38. The van der Waals surface area contributed by atoms with Gasteiger partial charge in [-0.2, -0.15) is 13.2 Å². The largest absolute Gasteiger partial charge is 0.456 e. The molecular weight excluding hydrogens is 250 g/mol. The summed E-state index contributed by atoms with van der Waals surface area (Å²) >= 11 is 0. The molecule has 1 aromatic heterocycles. The lowest BCUT2D eigenvalue weighted by atomic mass is 10.1. The number of carbonyl (C=O) groups is 1. The van der Waals surface area contributed by atoms with Crippen molar-refractivity contribution in [1.82, 2.24) is 4.98 Å². The van der Waals surface area contributed by atoms with Gasteiger partial charge in [-0.15, -0.1) is 0 Å². The minimum atomic E-state index is -4.93. The molecule has 0 radical (unpaired) electrons. The van der Waals surface area contributed by atoms with Crippen molar-refractivity contribution in [2.24, 2.45) is 0 Å². The molecule has 6 heteroatoms. The van der Waals surface area contributed by atoms with E-state index in [0.717, 1.165) is 12.1 Å². The van der Waals surface area contributed by atoms with Crippen LogP contribution in [0.1, 0.15) is 10.5 Å². The Morgan fingerprint density at radius 3 is 2.44 bits per heavy atom. The maximum absolute atomic E-state index is 12.9. The lowest BCUT2D eigenvalue weighted by molar-refractivity contribution is -0.0887. The van der Waals surface area contributed by atoms with E-state index in [4.69, 9.17) is 0 Å². The van der Waals surface area contributed by atoms with Gasteiger partial charge in [0.15, 0.2) is 0 Å². The number of carbonyl (C=O) groups excluding carboxylic acids is 1. The van der Waals surface area contributed by atoms with Crippen LogP contribution < -0.4 is 0 Å². The molecule has 2 nitrogen and oxygen atoms in total. The van der Waals surface area contributed by atoms with Crippen molar-refractivity contribution >= 4 is 5.78 Å². The maximum Gasteiger partial charge on any atom is 0.456 e. The zero-order valence-electron chi connectivity index (χ0n) is 8.88. The Morgan fingerprint density at radius 2 is 1.83 bits per heavy atom. The molecular formula is C12H7F4NO. The predicted molar refractivity (Wildman–Crippen MR) is 56.6 cm³/mol. The van der Waals surface area contributed by atoms with Gasteiger partial charge < -0.3 is 4.98 Å². The first-order valence-corrected chi connectivity index (χ1v) is 4.94. The van der Waals surface area contributed by atoms with E-state index in [1.807, 2.05) is 0 Å². The van der Waals surface area contributed by atoms with Crippen molar-refractivity contribution in [3.8, 4) is 11.3 Å². The smallest absolute Gasteiger partial charge is 0.352 e. The van der Waals surface area contributed by atoms with Gasteiger partial charge in [0.2, 0.25) is 0 Å². The first-order valence-electron chi connectivity index (χ1n) is 4.94. The average molecular weight is 257 g/mol. The molecule has 0 aliphatic carbocycles. The third-order valence-corrected chi connectivity index (χ3v) is 2.32. The quantitative estimate of drug-likeness (QED) is 0.647. The Labute approximate surface area is 99.3 Å². The summed E-state index contributed by atoms with van der Waals surface area (Å²) in [5, 5.41) is 0. The molecule has 0 spiro atoms. The SMILES string of the molecule is O=C(c1ccc(-c2cccc(F)c2)[nH]1)C(F)(F)F. The third kappa shape index (κ3) is 2.42. The number of halogens is 4. The Balaban J connectivity index is 2.34. The van der Waals surface area contributed by atoms with Crippen LogP contribution in [-0.4, -0.2) is 16.9 Å². The van der Waals surface area contributed by atoms with Gasteiger partial charge in [0.05, 0.1) is 5.69 Å². The summed E-state index contributed by atoms with van der Waals surface area (Å²) in [6.07, 6.45) is -4.93. The van der Waals surface area contributed by atoms with Crippen molar-refractivity contribution in [1.29, 1.82) is 0 Å². The number of hydrogen-bond donors (Lipinski definition) is 1. The molecule has 1 N–H and O–H groups in total. The van der Waals surface area contributed by atoms with Crippen molar-refractivity contribution in [3.05, 3.63) is 47.9 Å². The van der Waals surface area contributed by atoms with Crippen LogP contribution in [0.3, 0.4) is 0 Å². The number of ketones is 1. The van der Waals surface area contributed by atoms with Crippen molar-refractivity contribution in [3.63, 3.8) is 0 Å². The Morgan fingerprint density at radius 1 is 1.11 bits per heavy atom. The molecule has 0 fully saturated rings. The second-order valence-electron chi connectivity index (χ2n) is 3.62. The summed E-state index contributed by atoms with van der Waals surface area (Å²) in [6.45, 7) is 0. The van der Waals surface area contributed by atoms with Gasteiger partial charge in [-0.05, 0) is 24.3 Å². The lowest BCUT2D eigenvalue weighted by Gasteiger charge is -2.02. The number of aromatic nitrogens is 1. The number of H-pyrrole nitrogens is 1. The van der Waals surface area contributed by atoms with Crippen LogP contribution in [0.25, 0.3) is 11.3 Å². The van der Waals surface area contributed by atoms with E-state index < -0.39 is 23.5 Å². The van der Waals surface area contributed by atoms with Crippen LogP contribution in [0, 0.1) is 5.82 Å². The number of nitrogens with one attached hydrogen (secondary N) is 1. The number of aromatic amines is 1. The Kier molecular flexibility index (Phi) is 2.94. The van der Waals surface area contributed by atoms with Crippen molar-refractivity contribution < 1.29 is 22.4 Å². The highest BCUT2D eigenvalue weighted by atomic mass is 19.4. The summed E-state index contributed by atoms with van der Waals surface area (Å²) in [6, 6.07) is 7.65. The van der Waals surface area contributed by atoms with E-state index >= 15 is 0 Å². The number of rotatable bonds is 2. The van der Waals surface area contributed by atoms with Gasteiger partial charge in [0.25, 0.3) is 5.78 Å². The molecule has 2 rings (SSSR count). The monoisotopic (exact) mass is 257 g/mol. The molecule has 1 heterocycles. The molecule has 0 amide bonds. The van der Waals surface area contributed by atoms with Crippen LogP contribution in [0.5, 0.6) is 0 Å². The van der Waals surface area contributed by atoms with Gasteiger partial charge in [-0.25, -0.2) is 4.39 Å². The minimum Gasteiger partial charge on any atom is -0.352 e. The molecule has 0 aliphatic heterocycles. The molecule has 0 saturated heterocycles. The summed E-state index contributed by atoms with van der Waals surface area (Å²) in [4.78, 5) is 13.3. The zero-order valence-corrected chi connectivity index (χ0v) is 8.88. The topological polar surface area (TPSA) is 32.9 Å². The van der Waals surface area contributed by atoms with Gasteiger partial charge >= 0.3 is 6.18 Å². The highest BCUT2D eigenvalue weighted by Crippen LogP contribution is 2.24. The summed E-state index contributed by atoms with van der Waals surface area (Å²) < 4.78 is 49.5. The second-order valence-corrected chi connectivity index (χ2v) is 3.62. The highest BCUT2D eigenvalue weighted by molar-refractivity contribution is 5.99. The van der Waals surface area contributed by atoms with E-state index in [1.54, 1.807) is 0 Å². The standard InChI is InChI=1S/C12H7F4NO/c13-8-3-1-2-7(6-8)9-4-5-10(17-9)11(18)12(14,15)16/h1-6,17H.